The molecule has 118 valence electrons. The Bertz CT molecular complexity index is 457. The Kier molecular flexibility index (Phi) is 5.93. The fourth-order valence-corrected chi connectivity index (χ4v) is 2.43. The van der Waals surface area contributed by atoms with E-state index in [4.69, 9.17) is 14.2 Å². The van der Waals surface area contributed by atoms with Crippen molar-refractivity contribution >= 4 is 0 Å². The lowest BCUT2D eigenvalue weighted by Crippen LogP contribution is -2.48. The Hall–Kier alpha value is -1.21. The summed E-state index contributed by atoms with van der Waals surface area (Å²) < 4.78 is 29.3. The van der Waals surface area contributed by atoms with Crippen molar-refractivity contribution in [1.29, 1.82) is 0 Å². The van der Waals surface area contributed by atoms with E-state index in [1.54, 1.807) is 26.4 Å². The van der Waals surface area contributed by atoms with Crippen LogP contribution in [0.5, 0.6) is 5.75 Å². The van der Waals surface area contributed by atoms with Gasteiger partial charge in [0.1, 0.15) is 17.7 Å². The lowest BCUT2D eigenvalue weighted by atomic mass is 9.96. The second kappa shape index (κ2) is 7.70. The standard InChI is InChI=1S/C15H22FNO4/c1-19-12-3-4-13(16)10(5-12)6-17-7-11-8-21-9-14(20-2)15(11)18/h3-5,11,14-15,17-18H,6-9H2,1-2H3/t11-,14-,15+/m1/s1. The maximum absolute atomic E-state index is 13.7. The van der Waals surface area contributed by atoms with Crippen molar-refractivity contribution in [2.75, 3.05) is 34.0 Å². The lowest BCUT2D eigenvalue weighted by molar-refractivity contribution is -0.133. The zero-order chi connectivity index (χ0) is 15.2. The van der Waals surface area contributed by atoms with Gasteiger partial charge in [-0.25, -0.2) is 4.39 Å². The van der Waals surface area contributed by atoms with E-state index in [1.165, 1.54) is 6.07 Å². The van der Waals surface area contributed by atoms with E-state index in [0.717, 1.165) is 0 Å². The second-order valence-electron chi connectivity index (χ2n) is 5.15. The fourth-order valence-electron chi connectivity index (χ4n) is 2.43. The summed E-state index contributed by atoms with van der Waals surface area (Å²) in [5, 5.41) is 13.3. The largest absolute Gasteiger partial charge is 0.497 e. The van der Waals surface area contributed by atoms with Gasteiger partial charge in [0.15, 0.2) is 0 Å². The number of hydrogen-bond acceptors (Lipinski definition) is 5. The predicted molar refractivity (Wildman–Crippen MR) is 75.8 cm³/mol. The van der Waals surface area contributed by atoms with Gasteiger partial charge in [-0.1, -0.05) is 0 Å². The number of aliphatic hydroxyl groups excluding tert-OH is 1. The summed E-state index contributed by atoms with van der Waals surface area (Å²) >= 11 is 0. The molecule has 6 heteroatoms. The maximum atomic E-state index is 13.7. The second-order valence-corrected chi connectivity index (χ2v) is 5.15. The molecule has 1 aromatic rings. The van der Waals surface area contributed by atoms with Gasteiger partial charge in [0.2, 0.25) is 0 Å². The predicted octanol–water partition coefficient (Wildman–Crippen LogP) is 0.946. The van der Waals surface area contributed by atoms with Crippen molar-refractivity contribution in [3.8, 4) is 5.75 Å². The molecule has 0 unspecified atom stereocenters. The summed E-state index contributed by atoms with van der Waals surface area (Å²) in [5.41, 5.74) is 0.531. The molecule has 1 aliphatic rings. The van der Waals surface area contributed by atoms with E-state index in [0.29, 0.717) is 37.6 Å². The van der Waals surface area contributed by atoms with Crippen molar-refractivity contribution in [1.82, 2.24) is 5.32 Å². The smallest absolute Gasteiger partial charge is 0.127 e. The molecule has 2 N–H and O–H groups in total. The van der Waals surface area contributed by atoms with Crippen molar-refractivity contribution < 1.29 is 23.7 Å². The molecule has 1 heterocycles. The summed E-state index contributed by atoms with van der Waals surface area (Å²) in [5.74, 6) is 0.268. The van der Waals surface area contributed by atoms with Crippen LogP contribution in [0, 0.1) is 11.7 Å². The lowest BCUT2D eigenvalue weighted by Gasteiger charge is -2.33. The van der Waals surface area contributed by atoms with Gasteiger partial charge in [-0.2, -0.15) is 0 Å². The molecule has 0 amide bonds. The van der Waals surface area contributed by atoms with E-state index in [9.17, 15) is 9.50 Å². The van der Waals surface area contributed by atoms with Crippen LogP contribution < -0.4 is 10.1 Å². The van der Waals surface area contributed by atoms with Gasteiger partial charge < -0.3 is 24.6 Å². The SMILES string of the molecule is COc1ccc(F)c(CNC[C@@H]2COC[C@@H](OC)[C@H]2O)c1. The molecule has 0 radical (unpaired) electrons. The Morgan fingerprint density at radius 1 is 1.38 bits per heavy atom. The number of hydrogen-bond donors (Lipinski definition) is 2. The van der Waals surface area contributed by atoms with Crippen molar-refractivity contribution in [3.05, 3.63) is 29.6 Å². The molecule has 21 heavy (non-hydrogen) atoms. The summed E-state index contributed by atoms with van der Waals surface area (Å²) in [7, 11) is 3.10. The first-order chi connectivity index (χ1) is 10.2. The van der Waals surface area contributed by atoms with Crippen molar-refractivity contribution in [3.63, 3.8) is 0 Å². The minimum atomic E-state index is -0.577. The van der Waals surface area contributed by atoms with E-state index in [2.05, 4.69) is 5.32 Å². The van der Waals surface area contributed by atoms with Crippen molar-refractivity contribution in [2.45, 2.75) is 18.8 Å². The van der Waals surface area contributed by atoms with E-state index < -0.39 is 6.10 Å². The molecule has 0 aromatic heterocycles. The summed E-state index contributed by atoms with van der Waals surface area (Å²) in [6.45, 7) is 1.76. The summed E-state index contributed by atoms with van der Waals surface area (Å²) in [6.07, 6.45) is -0.884. The van der Waals surface area contributed by atoms with Gasteiger partial charge >= 0.3 is 0 Å². The van der Waals surface area contributed by atoms with E-state index in [-0.39, 0.29) is 17.8 Å². The van der Waals surface area contributed by atoms with Crippen LogP contribution in [-0.2, 0) is 16.0 Å². The van der Waals surface area contributed by atoms with Crippen LogP contribution in [0.15, 0.2) is 18.2 Å². The minimum absolute atomic E-state index is 0.0719. The monoisotopic (exact) mass is 299 g/mol. The highest BCUT2D eigenvalue weighted by molar-refractivity contribution is 5.29. The number of aliphatic hydroxyl groups is 1. The third-order valence-electron chi connectivity index (χ3n) is 3.76. The number of halogens is 1. The maximum Gasteiger partial charge on any atom is 0.127 e. The van der Waals surface area contributed by atoms with Crippen LogP contribution in [0.1, 0.15) is 5.56 Å². The van der Waals surface area contributed by atoms with Gasteiger partial charge in [-0.05, 0) is 18.2 Å². The molecule has 1 aromatic carbocycles. The Morgan fingerprint density at radius 3 is 2.90 bits per heavy atom. The molecule has 5 nitrogen and oxygen atoms in total. The van der Waals surface area contributed by atoms with E-state index >= 15 is 0 Å². The number of ether oxygens (including phenoxy) is 3. The average molecular weight is 299 g/mol. The molecule has 0 aliphatic carbocycles. The quantitative estimate of drug-likeness (QED) is 0.819. The minimum Gasteiger partial charge on any atom is -0.497 e. The normalized spacial score (nSPS) is 25.8. The Morgan fingerprint density at radius 2 is 2.19 bits per heavy atom. The van der Waals surface area contributed by atoms with E-state index in [1.807, 2.05) is 0 Å². The number of rotatable bonds is 6. The zero-order valence-corrected chi connectivity index (χ0v) is 12.3. The van der Waals surface area contributed by atoms with Crippen LogP contribution in [-0.4, -0.2) is 51.3 Å². The molecule has 3 atom stereocenters. The Balaban J connectivity index is 1.86. The first-order valence-electron chi connectivity index (χ1n) is 6.97. The van der Waals surface area contributed by atoms with Gasteiger partial charge in [0, 0.05) is 31.7 Å². The average Bonchev–Trinajstić information content (AvgIpc) is 2.51. The molecule has 1 saturated heterocycles. The van der Waals surface area contributed by atoms with Crippen LogP contribution in [0.3, 0.4) is 0 Å². The van der Waals surface area contributed by atoms with Crippen LogP contribution in [0.4, 0.5) is 4.39 Å². The molecule has 0 bridgehead atoms. The molecule has 2 rings (SSSR count). The first kappa shape index (κ1) is 16.2. The molecule has 1 fully saturated rings. The molecule has 0 spiro atoms. The highest BCUT2D eigenvalue weighted by Crippen LogP contribution is 2.18. The van der Waals surface area contributed by atoms with Crippen molar-refractivity contribution in [2.24, 2.45) is 5.92 Å². The third-order valence-corrected chi connectivity index (χ3v) is 3.76. The Labute approximate surface area is 124 Å². The molecule has 1 aliphatic heterocycles. The molecular weight excluding hydrogens is 277 g/mol. The van der Waals surface area contributed by atoms with Gasteiger partial charge in [-0.3, -0.25) is 0 Å². The summed E-state index contributed by atoms with van der Waals surface area (Å²) in [4.78, 5) is 0. The molecule has 0 saturated carbocycles. The van der Waals surface area contributed by atoms with Gasteiger partial charge in [0.25, 0.3) is 0 Å². The fraction of sp³-hybridized carbons (Fsp3) is 0.600. The molecular formula is C15H22FNO4. The first-order valence-corrected chi connectivity index (χ1v) is 6.97. The highest BCUT2D eigenvalue weighted by Gasteiger charge is 2.32. The topological polar surface area (TPSA) is 60.0 Å². The van der Waals surface area contributed by atoms with Gasteiger partial charge in [0.05, 0.1) is 26.4 Å². The third kappa shape index (κ3) is 4.14. The zero-order valence-electron chi connectivity index (χ0n) is 12.3. The van der Waals surface area contributed by atoms with Crippen LogP contribution in [0.2, 0.25) is 0 Å². The number of benzene rings is 1. The van der Waals surface area contributed by atoms with Crippen LogP contribution >= 0.6 is 0 Å². The number of nitrogens with one attached hydrogen (secondary N) is 1. The summed E-state index contributed by atoms with van der Waals surface area (Å²) in [6, 6.07) is 4.63. The van der Waals surface area contributed by atoms with Crippen LogP contribution in [0.25, 0.3) is 0 Å². The number of methoxy groups -OCH3 is 2. The van der Waals surface area contributed by atoms with Gasteiger partial charge in [-0.15, -0.1) is 0 Å². The highest BCUT2D eigenvalue weighted by atomic mass is 19.1.